The predicted molar refractivity (Wildman–Crippen MR) is 98.5 cm³/mol. The lowest BCUT2D eigenvalue weighted by Gasteiger charge is -2.12. The molecule has 0 aromatic carbocycles. The van der Waals surface area contributed by atoms with Crippen LogP contribution >= 0.6 is 11.3 Å². The maximum absolute atomic E-state index is 12.5. The van der Waals surface area contributed by atoms with Crippen LogP contribution in [0.3, 0.4) is 0 Å². The molecule has 2 aromatic heterocycles. The van der Waals surface area contributed by atoms with Crippen molar-refractivity contribution in [2.24, 2.45) is 7.05 Å². The van der Waals surface area contributed by atoms with Gasteiger partial charge < -0.3 is 10.2 Å². The minimum Gasteiger partial charge on any atom is -0.355 e. The van der Waals surface area contributed by atoms with Crippen LogP contribution in [-0.4, -0.2) is 39.7 Å². The van der Waals surface area contributed by atoms with Gasteiger partial charge in [-0.2, -0.15) is 0 Å². The van der Waals surface area contributed by atoms with Crippen molar-refractivity contribution in [1.29, 1.82) is 0 Å². The summed E-state index contributed by atoms with van der Waals surface area (Å²) in [6, 6.07) is 0. The van der Waals surface area contributed by atoms with Gasteiger partial charge in [-0.1, -0.05) is 24.7 Å². The molecule has 0 atom stereocenters. The molecule has 1 N–H and O–H groups in total. The van der Waals surface area contributed by atoms with Gasteiger partial charge in [0.25, 0.3) is 5.56 Å². The molecule has 3 rings (SSSR count). The van der Waals surface area contributed by atoms with Crippen LogP contribution in [0.1, 0.15) is 32.6 Å². The van der Waals surface area contributed by atoms with E-state index < -0.39 is 5.69 Å². The Hall–Kier alpha value is -2.16. The van der Waals surface area contributed by atoms with Crippen LogP contribution in [0.25, 0.3) is 10.3 Å². The molecule has 1 aliphatic heterocycles. The highest BCUT2D eigenvalue weighted by Gasteiger charge is 2.22. The molecular formula is C16H23N5O3S. The molecule has 0 aliphatic carbocycles. The van der Waals surface area contributed by atoms with Gasteiger partial charge in [-0.05, 0) is 19.3 Å². The molecular weight excluding hydrogens is 342 g/mol. The highest BCUT2D eigenvalue weighted by molar-refractivity contribution is 7.22. The monoisotopic (exact) mass is 365 g/mol. The smallest absolute Gasteiger partial charge is 0.332 e. The SMILES string of the molecule is CCCCNC(=O)Cn1c(=O)n(C)c(=O)c2sc(N3CCCC3)nc21. The zero-order chi connectivity index (χ0) is 18.0. The van der Waals surface area contributed by atoms with Crippen molar-refractivity contribution in [3.63, 3.8) is 0 Å². The lowest BCUT2D eigenvalue weighted by atomic mass is 10.3. The maximum atomic E-state index is 12.5. The Labute approximate surface area is 149 Å². The number of rotatable bonds is 6. The molecule has 0 radical (unpaired) electrons. The Balaban J connectivity index is 1.99. The summed E-state index contributed by atoms with van der Waals surface area (Å²) in [5.74, 6) is -0.244. The number of anilines is 1. The summed E-state index contributed by atoms with van der Waals surface area (Å²) in [5, 5.41) is 3.54. The molecule has 1 amide bonds. The predicted octanol–water partition coefficient (Wildman–Crippen LogP) is 0.673. The molecule has 25 heavy (non-hydrogen) atoms. The number of hydrogen-bond donors (Lipinski definition) is 1. The number of hydrogen-bond acceptors (Lipinski definition) is 6. The molecule has 9 heteroatoms. The maximum Gasteiger partial charge on any atom is 0.332 e. The van der Waals surface area contributed by atoms with Gasteiger partial charge in [-0.15, -0.1) is 0 Å². The third-order valence-corrected chi connectivity index (χ3v) is 5.49. The first-order valence-electron chi connectivity index (χ1n) is 8.65. The van der Waals surface area contributed by atoms with E-state index in [0.717, 1.165) is 48.5 Å². The molecule has 0 saturated carbocycles. The first kappa shape index (κ1) is 17.7. The van der Waals surface area contributed by atoms with E-state index in [1.807, 2.05) is 6.92 Å². The van der Waals surface area contributed by atoms with Crippen molar-refractivity contribution in [2.45, 2.75) is 39.2 Å². The number of nitrogens with one attached hydrogen (secondary N) is 1. The highest BCUT2D eigenvalue weighted by Crippen LogP contribution is 2.28. The van der Waals surface area contributed by atoms with Crippen molar-refractivity contribution < 1.29 is 4.79 Å². The number of carbonyl (C=O) groups excluding carboxylic acids is 1. The highest BCUT2D eigenvalue weighted by atomic mass is 32.1. The van der Waals surface area contributed by atoms with Crippen LogP contribution in [0.4, 0.5) is 5.13 Å². The fourth-order valence-corrected chi connectivity index (χ4v) is 4.02. The van der Waals surface area contributed by atoms with Crippen LogP contribution in [-0.2, 0) is 18.4 Å². The van der Waals surface area contributed by atoms with Crippen LogP contribution in [0.5, 0.6) is 0 Å². The molecule has 1 saturated heterocycles. The van der Waals surface area contributed by atoms with Gasteiger partial charge in [0.15, 0.2) is 10.8 Å². The van der Waals surface area contributed by atoms with E-state index in [2.05, 4.69) is 15.2 Å². The Morgan fingerprint density at radius 2 is 2.00 bits per heavy atom. The Bertz CT molecular complexity index is 892. The average Bonchev–Trinajstić information content (AvgIpc) is 3.26. The molecule has 8 nitrogen and oxygen atoms in total. The van der Waals surface area contributed by atoms with Crippen molar-refractivity contribution >= 4 is 32.7 Å². The molecule has 136 valence electrons. The number of aromatic nitrogens is 3. The molecule has 0 bridgehead atoms. The number of fused-ring (bicyclic) bond motifs is 1. The second kappa shape index (κ2) is 7.38. The van der Waals surface area contributed by atoms with Gasteiger partial charge in [0.05, 0.1) is 0 Å². The van der Waals surface area contributed by atoms with Crippen LogP contribution < -0.4 is 21.5 Å². The van der Waals surface area contributed by atoms with Gasteiger partial charge in [-0.3, -0.25) is 18.7 Å². The van der Waals surface area contributed by atoms with E-state index in [1.165, 1.54) is 23.0 Å². The molecule has 2 aromatic rings. The normalized spacial score (nSPS) is 14.4. The summed E-state index contributed by atoms with van der Waals surface area (Å²) >= 11 is 1.30. The summed E-state index contributed by atoms with van der Waals surface area (Å²) in [6.45, 7) is 4.30. The van der Waals surface area contributed by atoms with E-state index in [0.29, 0.717) is 16.9 Å². The molecule has 0 unspecified atom stereocenters. The lowest BCUT2D eigenvalue weighted by molar-refractivity contribution is -0.121. The van der Waals surface area contributed by atoms with Crippen molar-refractivity contribution in [3.8, 4) is 0 Å². The van der Waals surface area contributed by atoms with Gasteiger partial charge in [-0.25, -0.2) is 9.78 Å². The van der Waals surface area contributed by atoms with Gasteiger partial charge >= 0.3 is 5.69 Å². The molecule has 1 fully saturated rings. The Kier molecular flexibility index (Phi) is 5.22. The topological polar surface area (TPSA) is 89.2 Å². The lowest BCUT2D eigenvalue weighted by Crippen LogP contribution is -2.41. The summed E-state index contributed by atoms with van der Waals surface area (Å²) in [6.07, 6.45) is 4.07. The molecule has 0 spiro atoms. The zero-order valence-electron chi connectivity index (χ0n) is 14.6. The van der Waals surface area contributed by atoms with Gasteiger partial charge in [0, 0.05) is 26.7 Å². The van der Waals surface area contributed by atoms with E-state index in [-0.39, 0.29) is 18.0 Å². The van der Waals surface area contributed by atoms with Crippen LogP contribution in [0.15, 0.2) is 9.59 Å². The quantitative estimate of drug-likeness (QED) is 0.760. The van der Waals surface area contributed by atoms with E-state index >= 15 is 0 Å². The second-order valence-electron chi connectivity index (χ2n) is 6.28. The summed E-state index contributed by atoms with van der Waals surface area (Å²) in [4.78, 5) is 43.7. The third-order valence-electron chi connectivity index (χ3n) is 4.40. The van der Waals surface area contributed by atoms with E-state index in [9.17, 15) is 14.4 Å². The third kappa shape index (κ3) is 3.46. The van der Waals surface area contributed by atoms with Crippen molar-refractivity contribution in [1.82, 2.24) is 19.4 Å². The molecule has 3 heterocycles. The Morgan fingerprint density at radius 1 is 1.28 bits per heavy atom. The van der Waals surface area contributed by atoms with E-state index in [4.69, 9.17) is 0 Å². The van der Waals surface area contributed by atoms with E-state index in [1.54, 1.807) is 0 Å². The first-order chi connectivity index (χ1) is 12.0. The summed E-state index contributed by atoms with van der Waals surface area (Å²) < 4.78 is 2.77. The van der Waals surface area contributed by atoms with Crippen molar-refractivity contribution in [2.75, 3.05) is 24.5 Å². The van der Waals surface area contributed by atoms with Crippen LogP contribution in [0.2, 0.25) is 0 Å². The average molecular weight is 365 g/mol. The number of carbonyl (C=O) groups is 1. The number of unbranched alkanes of at least 4 members (excludes halogenated alkanes) is 1. The van der Waals surface area contributed by atoms with Gasteiger partial charge in [0.1, 0.15) is 11.2 Å². The van der Waals surface area contributed by atoms with Crippen LogP contribution in [0, 0.1) is 0 Å². The van der Waals surface area contributed by atoms with Crippen molar-refractivity contribution in [3.05, 3.63) is 20.8 Å². The summed E-state index contributed by atoms with van der Waals surface area (Å²) in [5.41, 5.74) is -0.558. The number of nitrogens with zero attached hydrogens (tertiary/aromatic N) is 4. The number of thiazole rings is 1. The zero-order valence-corrected chi connectivity index (χ0v) is 15.4. The van der Waals surface area contributed by atoms with Gasteiger partial charge in [0.2, 0.25) is 5.91 Å². The largest absolute Gasteiger partial charge is 0.355 e. The molecule has 1 aliphatic rings. The first-order valence-corrected chi connectivity index (χ1v) is 9.46. The minimum absolute atomic E-state index is 0.129. The minimum atomic E-state index is -0.513. The second-order valence-corrected chi connectivity index (χ2v) is 7.26. The number of amides is 1. The standard InChI is InChI=1S/C16H23N5O3S/c1-3-4-7-17-11(22)10-21-13-12(14(23)19(2)16(21)24)25-15(18-13)20-8-5-6-9-20/h3-10H2,1-2H3,(H,17,22). The fourth-order valence-electron chi connectivity index (χ4n) is 2.92. The Morgan fingerprint density at radius 3 is 2.68 bits per heavy atom. The summed E-state index contributed by atoms with van der Waals surface area (Å²) in [7, 11) is 1.44. The fraction of sp³-hybridized carbons (Fsp3) is 0.625.